The van der Waals surface area contributed by atoms with E-state index in [4.69, 9.17) is 4.74 Å². The summed E-state index contributed by atoms with van der Waals surface area (Å²) in [7, 11) is 0. The lowest BCUT2D eigenvalue weighted by molar-refractivity contribution is -0.146. The number of aliphatic hydroxyl groups is 1. The minimum absolute atomic E-state index is 0.0106. The average Bonchev–Trinajstić information content (AvgIpc) is 3.01. The van der Waals surface area contributed by atoms with Crippen molar-refractivity contribution < 1.29 is 9.84 Å². The molecule has 1 saturated heterocycles. The van der Waals surface area contributed by atoms with Crippen LogP contribution in [0.1, 0.15) is 65.7 Å². The first-order valence-electron chi connectivity index (χ1n) is 9.72. The Hall–Kier alpha value is -0.600. The molecule has 5 aliphatic rings. The van der Waals surface area contributed by atoms with Gasteiger partial charge in [-0.05, 0) is 73.3 Å². The Labute approximate surface area is 140 Å². The summed E-state index contributed by atoms with van der Waals surface area (Å²) in [4.78, 5) is 0. The summed E-state index contributed by atoms with van der Waals surface area (Å²) in [5.74, 6) is 1.73. The highest BCUT2D eigenvalue weighted by Crippen LogP contribution is 2.67. The molecule has 1 N–H and O–H groups in total. The molecule has 2 nitrogen and oxygen atoms in total. The minimum Gasteiger partial charge on any atom is -0.393 e. The normalized spacial score (nSPS) is 57.2. The van der Waals surface area contributed by atoms with Crippen molar-refractivity contribution in [3.8, 4) is 0 Å². The Morgan fingerprint density at radius 1 is 1.13 bits per heavy atom. The van der Waals surface area contributed by atoms with Crippen LogP contribution in [0.5, 0.6) is 0 Å². The van der Waals surface area contributed by atoms with Crippen molar-refractivity contribution in [1.82, 2.24) is 0 Å². The Morgan fingerprint density at radius 3 is 2.78 bits per heavy atom. The molecule has 0 aromatic heterocycles. The number of aliphatic hydroxyl groups excluding tert-OH is 1. The van der Waals surface area contributed by atoms with Crippen LogP contribution in [0.15, 0.2) is 23.3 Å². The van der Waals surface area contributed by atoms with Gasteiger partial charge in [0.1, 0.15) is 0 Å². The molecule has 23 heavy (non-hydrogen) atoms. The van der Waals surface area contributed by atoms with E-state index in [2.05, 4.69) is 32.9 Å². The van der Waals surface area contributed by atoms with Crippen molar-refractivity contribution in [3.05, 3.63) is 23.3 Å². The summed E-state index contributed by atoms with van der Waals surface area (Å²) >= 11 is 0. The lowest BCUT2D eigenvalue weighted by Gasteiger charge is -2.54. The van der Waals surface area contributed by atoms with Gasteiger partial charge in [-0.1, -0.05) is 32.9 Å². The maximum Gasteiger partial charge on any atom is 0.0974 e. The van der Waals surface area contributed by atoms with E-state index in [9.17, 15) is 5.11 Å². The quantitative estimate of drug-likeness (QED) is 0.718. The summed E-state index contributed by atoms with van der Waals surface area (Å²) in [6, 6.07) is 0. The van der Waals surface area contributed by atoms with Gasteiger partial charge in [0.05, 0.1) is 17.3 Å². The molecule has 2 aliphatic heterocycles. The largest absolute Gasteiger partial charge is 0.393 e. The predicted octanol–water partition coefficient (Wildman–Crippen LogP) is 4.39. The van der Waals surface area contributed by atoms with Crippen molar-refractivity contribution in [1.29, 1.82) is 0 Å². The monoisotopic (exact) mass is 314 g/mol. The van der Waals surface area contributed by atoms with E-state index in [0.29, 0.717) is 11.3 Å². The zero-order chi connectivity index (χ0) is 16.0. The first-order chi connectivity index (χ1) is 10.9. The van der Waals surface area contributed by atoms with Gasteiger partial charge in [0, 0.05) is 5.92 Å². The lowest BCUT2D eigenvalue weighted by Crippen LogP contribution is -2.55. The molecule has 0 radical (unpaired) electrons. The number of rotatable bonds is 0. The fraction of sp³-hybridized carbons (Fsp3) is 0.810. The molecule has 0 aromatic carbocycles. The minimum atomic E-state index is -0.190. The van der Waals surface area contributed by atoms with Crippen molar-refractivity contribution in [2.45, 2.75) is 83.0 Å². The Kier molecular flexibility index (Phi) is 2.77. The molecule has 0 amide bonds. The first kappa shape index (κ1) is 14.7. The van der Waals surface area contributed by atoms with Crippen molar-refractivity contribution >= 4 is 0 Å². The fourth-order valence-corrected chi connectivity index (χ4v) is 6.91. The van der Waals surface area contributed by atoms with Crippen LogP contribution in [-0.4, -0.2) is 22.4 Å². The van der Waals surface area contributed by atoms with Gasteiger partial charge in [0.2, 0.25) is 0 Å². The molecule has 3 fully saturated rings. The molecule has 3 aliphatic carbocycles. The van der Waals surface area contributed by atoms with Crippen LogP contribution in [0.25, 0.3) is 0 Å². The molecule has 2 saturated carbocycles. The van der Waals surface area contributed by atoms with E-state index >= 15 is 0 Å². The van der Waals surface area contributed by atoms with Crippen molar-refractivity contribution in [2.24, 2.45) is 23.2 Å². The van der Waals surface area contributed by atoms with Crippen molar-refractivity contribution in [3.63, 3.8) is 0 Å². The highest BCUT2D eigenvalue weighted by molar-refractivity contribution is 5.48. The molecular formula is C21H30O2. The van der Waals surface area contributed by atoms with E-state index in [0.717, 1.165) is 25.2 Å². The summed E-state index contributed by atoms with van der Waals surface area (Å²) in [5.41, 5.74) is 3.20. The number of hydrogen-bond donors (Lipinski definition) is 1. The third-order valence-electron chi connectivity index (χ3n) is 8.65. The second kappa shape index (κ2) is 4.32. The van der Waals surface area contributed by atoms with Crippen LogP contribution in [0.3, 0.4) is 0 Å². The van der Waals surface area contributed by atoms with Gasteiger partial charge < -0.3 is 9.84 Å². The Morgan fingerprint density at radius 2 is 1.96 bits per heavy atom. The average molecular weight is 314 g/mol. The first-order valence-corrected chi connectivity index (χ1v) is 9.72. The van der Waals surface area contributed by atoms with E-state index in [1.165, 1.54) is 36.8 Å². The highest BCUT2D eigenvalue weighted by Gasteiger charge is 2.66. The van der Waals surface area contributed by atoms with E-state index in [-0.39, 0.29) is 23.2 Å². The second-order valence-corrected chi connectivity index (χ2v) is 9.38. The second-order valence-electron chi connectivity index (χ2n) is 9.38. The SMILES string of the molecule is CC1C2=CC3=CCC4(C)C(C)CCC4C34CCC2(CCC1O)O4. The van der Waals surface area contributed by atoms with Gasteiger partial charge in [-0.15, -0.1) is 0 Å². The highest BCUT2D eigenvalue weighted by atomic mass is 16.5. The van der Waals surface area contributed by atoms with Crippen molar-refractivity contribution in [2.75, 3.05) is 0 Å². The smallest absolute Gasteiger partial charge is 0.0974 e. The van der Waals surface area contributed by atoms with Crippen LogP contribution in [-0.2, 0) is 4.74 Å². The fourth-order valence-electron chi connectivity index (χ4n) is 6.91. The lowest BCUT2D eigenvalue weighted by atomic mass is 9.59. The van der Waals surface area contributed by atoms with Gasteiger partial charge in [0.15, 0.2) is 0 Å². The van der Waals surface area contributed by atoms with Gasteiger partial charge >= 0.3 is 0 Å². The molecule has 2 heterocycles. The molecule has 2 heteroatoms. The number of fused-ring (bicyclic) bond motifs is 1. The molecule has 0 aromatic rings. The summed E-state index contributed by atoms with van der Waals surface area (Å²) in [6.45, 7) is 7.15. The van der Waals surface area contributed by atoms with Crippen LogP contribution < -0.4 is 0 Å². The molecule has 7 unspecified atom stereocenters. The molecule has 7 atom stereocenters. The van der Waals surface area contributed by atoms with Crippen LogP contribution in [0.4, 0.5) is 0 Å². The topological polar surface area (TPSA) is 29.5 Å². The van der Waals surface area contributed by atoms with Gasteiger partial charge in [-0.3, -0.25) is 0 Å². The van der Waals surface area contributed by atoms with Crippen LogP contribution in [0, 0.1) is 23.2 Å². The third-order valence-corrected chi connectivity index (χ3v) is 8.65. The Balaban J connectivity index is 1.66. The third kappa shape index (κ3) is 1.58. The van der Waals surface area contributed by atoms with Crippen LogP contribution >= 0.6 is 0 Å². The number of hydrogen-bond acceptors (Lipinski definition) is 2. The molecular weight excluding hydrogens is 284 g/mol. The molecule has 126 valence electrons. The standard InChI is InChI=1S/C21H30O2/c1-13-4-5-18-19(13,3)8-6-15-12-16-14(2)17(22)7-9-20(16)10-11-21(15,18)23-20/h6,12-14,17-18,22H,4-5,7-11H2,1-3H3. The molecule has 2 spiro atoms. The summed E-state index contributed by atoms with van der Waals surface area (Å²) in [5, 5.41) is 10.3. The molecule has 2 bridgehead atoms. The van der Waals surface area contributed by atoms with E-state index in [1.807, 2.05) is 0 Å². The van der Waals surface area contributed by atoms with E-state index in [1.54, 1.807) is 0 Å². The summed E-state index contributed by atoms with van der Waals surface area (Å²) in [6.07, 6.45) is 12.9. The van der Waals surface area contributed by atoms with Gasteiger partial charge in [-0.25, -0.2) is 0 Å². The zero-order valence-electron chi connectivity index (χ0n) is 14.8. The van der Waals surface area contributed by atoms with Gasteiger partial charge in [-0.2, -0.15) is 0 Å². The number of allylic oxidation sites excluding steroid dienone is 1. The number of ether oxygens (including phenoxy) is 1. The zero-order valence-corrected chi connectivity index (χ0v) is 14.8. The van der Waals surface area contributed by atoms with E-state index < -0.39 is 0 Å². The maximum atomic E-state index is 10.3. The Bertz CT molecular complexity index is 619. The predicted molar refractivity (Wildman–Crippen MR) is 91.0 cm³/mol. The van der Waals surface area contributed by atoms with Crippen LogP contribution in [0.2, 0.25) is 0 Å². The summed E-state index contributed by atoms with van der Waals surface area (Å²) < 4.78 is 7.08. The van der Waals surface area contributed by atoms with Gasteiger partial charge in [0.25, 0.3) is 0 Å². The maximum absolute atomic E-state index is 10.3. The molecule has 5 rings (SSSR count).